The molecular formula is C6H9BO3. The van der Waals surface area contributed by atoms with Gasteiger partial charge in [0.25, 0.3) is 0 Å². The van der Waals surface area contributed by atoms with E-state index >= 15 is 0 Å². The molecule has 0 aliphatic carbocycles. The molecule has 1 saturated heterocycles. The molecule has 1 aliphatic heterocycles. The van der Waals surface area contributed by atoms with Gasteiger partial charge >= 0.3 is 0 Å². The van der Waals surface area contributed by atoms with Gasteiger partial charge in [-0.15, -0.1) is 0 Å². The van der Waals surface area contributed by atoms with Crippen molar-refractivity contribution >= 4 is 13.6 Å². The van der Waals surface area contributed by atoms with Crippen molar-refractivity contribution in [2.24, 2.45) is 0 Å². The van der Waals surface area contributed by atoms with E-state index in [0.29, 0.717) is 13.0 Å². The average molecular weight is 140 g/mol. The quantitative estimate of drug-likeness (QED) is 0.484. The van der Waals surface area contributed by atoms with Gasteiger partial charge in [-0.2, -0.15) is 0 Å². The van der Waals surface area contributed by atoms with E-state index in [0.717, 1.165) is 0 Å². The van der Waals surface area contributed by atoms with Gasteiger partial charge in [0.05, 0.1) is 6.61 Å². The van der Waals surface area contributed by atoms with Crippen molar-refractivity contribution in [2.75, 3.05) is 13.7 Å². The first-order valence-corrected chi connectivity index (χ1v) is 3.16. The number of hydrogen-bond acceptors (Lipinski definition) is 3. The fraction of sp³-hybridized carbons (Fsp3) is 0.833. The summed E-state index contributed by atoms with van der Waals surface area (Å²) in [5, 5.41) is 0. The van der Waals surface area contributed by atoms with Crippen molar-refractivity contribution < 1.29 is 14.3 Å². The first-order valence-electron chi connectivity index (χ1n) is 3.16. The predicted molar refractivity (Wildman–Crippen MR) is 35.9 cm³/mol. The molecule has 0 bridgehead atoms. The Balaban J connectivity index is 2.39. The molecule has 0 amide bonds. The number of ether oxygens (including phenoxy) is 2. The van der Waals surface area contributed by atoms with Crippen LogP contribution >= 0.6 is 0 Å². The molecule has 2 atom stereocenters. The summed E-state index contributed by atoms with van der Waals surface area (Å²) in [7, 11) is 6.88. The van der Waals surface area contributed by atoms with Crippen molar-refractivity contribution in [1.29, 1.82) is 0 Å². The number of hydrogen-bond donors (Lipinski definition) is 0. The molecule has 0 N–H and O–H groups in total. The fourth-order valence-corrected chi connectivity index (χ4v) is 0.948. The van der Waals surface area contributed by atoms with Crippen LogP contribution < -0.4 is 0 Å². The van der Waals surface area contributed by atoms with E-state index in [1.165, 1.54) is 7.11 Å². The van der Waals surface area contributed by atoms with Crippen LogP contribution in [-0.2, 0) is 14.3 Å². The van der Waals surface area contributed by atoms with Crippen molar-refractivity contribution in [3.63, 3.8) is 0 Å². The minimum absolute atomic E-state index is 0.0364. The molecule has 1 aliphatic rings. The Hall–Kier alpha value is -0.345. The molecule has 2 unspecified atom stereocenters. The molecule has 4 heteroatoms. The minimum atomic E-state index is -0.431. The topological polar surface area (TPSA) is 35.5 Å². The second-order valence-corrected chi connectivity index (χ2v) is 2.29. The highest BCUT2D eigenvalue weighted by molar-refractivity contribution is 6.14. The zero-order valence-electron chi connectivity index (χ0n) is 5.87. The Labute approximate surface area is 61.1 Å². The van der Waals surface area contributed by atoms with E-state index in [9.17, 15) is 4.79 Å². The molecule has 3 nitrogen and oxygen atoms in total. The van der Waals surface area contributed by atoms with Crippen LogP contribution in [0.2, 0.25) is 0 Å². The number of rotatable bonds is 2. The maximum Gasteiger partial charge on any atom is 0.165 e. The van der Waals surface area contributed by atoms with Crippen LogP contribution in [0.25, 0.3) is 0 Å². The Morgan fingerprint density at radius 2 is 2.60 bits per heavy atom. The van der Waals surface area contributed by atoms with Crippen LogP contribution in [0.4, 0.5) is 0 Å². The number of methoxy groups -OCH3 is 1. The van der Waals surface area contributed by atoms with Gasteiger partial charge in [0, 0.05) is 19.5 Å². The maximum absolute atomic E-state index is 10.9. The highest BCUT2D eigenvalue weighted by atomic mass is 16.5. The van der Waals surface area contributed by atoms with Gasteiger partial charge in [0.2, 0.25) is 0 Å². The lowest BCUT2D eigenvalue weighted by molar-refractivity contribution is -0.124. The SMILES string of the molecule is [B]C1CC(=O)C(COC)O1. The highest BCUT2D eigenvalue weighted by Crippen LogP contribution is 2.13. The maximum atomic E-state index is 10.9. The van der Waals surface area contributed by atoms with Crippen molar-refractivity contribution in [2.45, 2.75) is 18.5 Å². The van der Waals surface area contributed by atoms with E-state index in [1.807, 2.05) is 0 Å². The normalized spacial score (nSPS) is 33.1. The molecule has 2 radical (unpaired) electrons. The fourth-order valence-electron chi connectivity index (χ4n) is 0.948. The Bertz CT molecular complexity index is 137. The van der Waals surface area contributed by atoms with Crippen LogP contribution in [0.15, 0.2) is 0 Å². The molecule has 1 heterocycles. The van der Waals surface area contributed by atoms with Gasteiger partial charge in [0.15, 0.2) is 5.78 Å². The summed E-state index contributed by atoms with van der Waals surface area (Å²) >= 11 is 0. The first kappa shape index (κ1) is 7.76. The van der Waals surface area contributed by atoms with Crippen LogP contribution in [0.3, 0.4) is 0 Å². The standard InChI is InChI=1S/C6H9BO3/c1-9-3-5-4(8)2-6(7)10-5/h5-6H,2-3H2,1H3. The second-order valence-electron chi connectivity index (χ2n) is 2.29. The lowest BCUT2D eigenvalue weighted by Gasteiger charge is -2.06. The van der Waals surface area contributed by atoms with E-state index in [1.54, 1.807) is 0 Å². The van der Waals surface area contributed by atoms with E-state index in [2.05, 4.69) is 0 Å². The van der Waals surface area contributed by atoms with Crippen molar-refractivity contribution in [3.05, 3.63) is 0 Å². The van der Waals surface area contributed by atoms with Crippen LogP contribution in [0.5, 0.6) is 0 Å². The van der Waals surface area contributed by atoms with Gasteiger partial charge in [-0.25, -0.2) is 0 Å². The third kappa shape index (κ3) is 1.58. The molecular weight excluding hydrogens is 131 g/mol. The third-order valence-corrected chi connectivity index (χ3v) is 1.42. The Morgan fingerprint density at radius 1 is 1.90 bits per heavy atom. The van der Waals surface area contributed by atoms with Crippen molar-refractivity contribution in [1.82, 2.24) is 0 Å². The molecule has 1 fully saturated rings. The van der Waals surface area contributed by atoms with Crippen molar-refractivity contribution in [3.8, 4) is 0 Å². The second kappa shape index (κ2) is 3.17. The largest absolute Gasteiger partial charge is 0.382 e. The summed E-state index contributed by atoms with van der Waals surface area (Å²) in [6.07, 6.45) is -0.117. The highest BCUT2D eigenvalue weighted by Gasteiger charge is 2.29. The zero-order valence-corrected chi connectivity index (χ0v) is 5.87. The van der Waals surface area contributed by atoms with Gasteiger partial charge < -0.3 is 9.47 Å². The Kier molecular flexibility index (Phi) is 2.46. The average Bonchev–Trinajstić information content (AvgIpc) is 2.13. The summed E-state index contributed by atoms with van der Waals surface area (Å²) in [5.74, 6) is 0.0364. The molecule has 54 valence electrons. The number of carbonyl (C=O) groups is 1. The molecule has 10 heavy (non-hydrogen) atoms. The van der Waals surface area contributed by atoms with Crippen LogP contribution in [0.1, 0.15) is 6.42 Å². The summed E-state index contributed by atoms with van der Waals surface area (Å²) in [6.45, 7) is 0.312. The summed E-state index contributed by atoms with van der Waals surface area (Å²) in [4.78, 5) is 10.9. The molecule has 0 aromatic carbocycles. The van der Waals surface area contributed by atoms with Gasteiger partial charge in [-0.1, -0.05) is 0 Å². The Morgan fingerprint density at radius 3 is 3.00 bits per heavy atom. The number of ketones is 1. The first-order chi connectivity index (χ1) is 4.74. The predicted octanol–water partition coefficient (Wildman–Crippen LogP) is -0.515. The molecule has 0 aromatic heterocycles. The minimum Gasteiger partial charge on any atom is -0.382 e. The van der Waals surface area contributed by atoms with Crippen LogP contribution in [0, 0.1) is 0 Å². The van der Waals surface area contributed by atoms with Gasteiger partial charge in [-0.3, -0.25) is 4.79 Å². The molecule has 0 saturated carbocycles. The number of Topliss-reactive ketones (excluding diaryl/α,β-unsaturated/α-hetero) is 1. The third-order valence-electron chi connectivity index (χ3n) is 1.42. The summed E-state index contributed by atoms with van der Waals surface area (Å²) in [5.41, 5.74) is 0. The summed E-state index contributed by atoms with van der Waals surface area (Å²) in [6, 6.07) is -0.423. The van der Waals surface area contributed by atoms with E-state index < -0.39 is 12.1 Å². The number of carbonyl (C=O) groups excluding carboxylic acids is 1. The van der Waals surface area contributed by atoms with Crippen LogP contribution in [-0.4, -0.2) is 39.5 Å². The smallest absolute Gasteiger partial charge is 0.165 e. The molecule has 0 aromatic rings. The van der Waals surface area contributed by atoms with Gasteiger partial charge in [-0.05, 0) is 0 Å². The van der Waals surface area contributed by atoms with Gasteiger partial charge in [0.1, 0.15) is 14.0 Å². The lowest BCUT2D eigenvalue weighted by Crippen LogP contribution is -2.21. The molecule has 1 rings (SSSR count). The monoisotopic (exact) mass is 140 g/mol. The van der Waals surface area contributed by atoms with E-state index in [-0.39, 0.29) is 5.78 Å². The summed E-state index contributed by atoms with van der Waals surface area (Å²) < 4.78 is 9.76. The van der Waals surface area contributed by atoms with E-state index in [4.69, 9.17) is 17.3 Å². The zero-order chi connectivity index (χ0) is 7.56. The lowest BCUT2D eigenvalue weighted by atomic mass is 9.97. The molecule has 0 spiro atoms.